The van der Waals surface area contributed by atoms with Crippen LogP contribution < -0.4 is 9.47 Å². The minimum absolute atomic E-state index is 0.0429. The van der Waals surface area contributed by atoms with Gasteiger partial charge >= 0.3 is 6.03 Å². The third kappa shape index (κ3) is 7.93. The molecule has 2 heterocycles. The quantitative estimate of drug-likeness (QED) is 0.310. The zero-order valence-corrected chi connectivity index (χ0v) is 23.2. The van der Waals surface area contributed by atoms with Crippen molar-refractivity contribution in [1.29, 1.82) is 0 Å². The van der Waals surface area contributed by atoms with Gasteiger partial charge in [-0.3, -0.25) is 19.4 Å². The van der Waals surface area contributed by atoms with Crippen LogP contribution in [0, 0.1) is 0 Å². The van der Waals surface area contributed by atoms with Crippen molar-refractivity contribution >= 4 is 17.8 Å². The van der Waals surface area contributed by atoms with E-state index in [1.165, 1.54) is 16.9 Å². The number of carbonyl (C=O) groups is 3. The number of β-amino-alcohol motifs (C(OH)–C–C–N with tert-alkyl or cyclic N) is 1. The molecule has 1 atom stereocenters. The molecular weight excluding hydrogens is 516 g/mol. The van der Waals surface area contributed by atoms with Gasteiger partial charge in [0.15, 0.2) is 0 Å². The number of imide groups is 1. The fourth-order valence-electron chi connectivity index (χ4n) is 4.88. The zero-order chi connectivity index (χ0) is 28.5. The van der Waals surface area contributed by atoms with E-state index in [2.05, 4.69) is 4.90 Å². The fourth-order valence-corrected chi connectivity index (χ4v) is 4.88. The Morgan fingerprint density at radius 1 is 0.975 bits per heavy atom. The molecule has 11 heteroatoms. The summed E-state index contributed by atoms with van der Waals surface area (Å²) in [7, 11) is 3.09. The molecule has 0 aromatic heterocycles. The Bertz CT molecular complexity index is 1150. The minimum atomic E-state index is -1.27. The van der Waals surface area contributed by atoms with E-state index in [1.54, 1.807) is 11.9 Å². The van der Waals surface area contributed by atoms with Gasteiger partial charge in [-0.2, -0.15) is 0 Å². The van der Waals surface area contributed by atoms with Crippen LogP contribution in [0.15, 0.2) is 54.6 Å². The summed E-state index contributed by atoms with van der Waals surface area (Å²) < 4.78 is 16.7. The van der Waals surface area contributed by atoms with Crippen LogP contribution in [0.4, 0.5) is 4.79 Å². The summed E-state index contributed by atoms with van der Waals surface area (Å²) in [6.07, 6.45) is 0.544. The van der Waals surface area contributed by atoms with Crippen molar-refractivity contribution < 1.29 is 33.7 Å². The molecule has 0 spiro atoms. The Morgan fingerprint density at radius 3 is 2.38 bits per heavy atom. The third-order valence-corrected chi connectivity index (χ3v) is 6.92. The number of urea groups is 1. The van der Waals surface area contributed by atoms with Crippen molar-refractivity contribution in [2.75, 3.05) is 73.2 Å². The Morgan fingerprint density at radius 2 is 1.70 bits per heavy atom. The first-order valence-corrected chi connectivity index (χ1v) is 13.4. The number of para-hydroxylation sites is 1. The first-order chi connectivity index (χ1) is 19.3. The molecule has 0 unspecified atom stereocenters. The number of carbonyl (C=O) groups excluding carboxylic acids is 3. The summed E-state index contributed by atoms with van der Waals surface area (Å²) in [4.78, 5) is 42.9. The highest BCUT2D eigenvalue weighted by Crippen LogP contribution is 2.21. The monoisotopic (exact) mass is 554 g/mol. The number of nitrogens with zero attached hydrogens (tertiary/aromatic N) is 4. The first-order valence-electron chi connectivity index (χ1n) is 13.4. The van der Waals surface area contributed by atoms with Gasteiger partial charge in [0.1, 0.15) is 36.9 Å². The number of likely N-dealkylation sites (N-methyl/N-ethyl adjacent to an activating group) is 1. The molecule has 40 heavy (non-hydrogen) atoms. The molecule has 2 aromatic carbocycles. The molecule has 4 amide bonds. The summed E-state index contributed by atoms with van der Waals surface area (Å²) in [5, 5.41) is 11.6. The summed E-state index contributed by atoms with van der Waals surface area (Å²) in [5.74, 6) is 0.993. The molecule has 0 saturated carbocycles. The second-order valence-corrected chi connectivity index (χ2v) is 10.3. The normalized spacial score (nSPS) is 20.1. The van der Waals surface area contributed by atoms with E-state index >= 15 is 0 Å². The van der Waals surface area contributed by atoms with Crippen molar-refractivity contribution in [3.63, 3.8) is 0 Å². The SMILES string of the molecule is COCC(=O)N1CCN(Cc2ccc(OCCCN3C(=O)CN(C)C3=O)cc2)C[C@@](O)(COc2ccccc2)C1. The average Bonchev–Trinajstić information content (AvgIpc) is 3.08. The molecule has 2 aromatic rings. The highest BCUT2D eigenvalue weighted by Gasteiger charge is 2.37. The highest BCUT2D eigenvalue weighted by atomic mass is 16.5. The van der Waals surface area contributed by atoms with Crippen LogP contribution in [0.25, 0.3) is 0 Å². The second kappa shape index (κ2) is 13.6. The van der Waals surface area contributed by atoms with Crippen LogP contribution in [-0.2, 0) is 20.9 Å². The Hall–Kier alpha value is -3.67. The number of ether oxygens (including phenoxy) is 3. The summed E-state index contributed by atoms with van der Waals surface area (Å²) in [6.45, 7) is 2.94. The lowest BCUT2D eigenvalue weighted by Gasteiger charge is -2.33. The molecule has 1 N–H and O–H groups in total. The number of benzene rings is 2. The number of aliphatic hydroxyl groups is 1. The summed E-state index contributed by atoms with van der Waals surface area (Å²) in [5.41, 5.74) is -0.238. The van der Waals surface area contributed by atoms with Crippen LogP contribution in [0.1, 0.15) is 12.0 Å². The second-order valence-electron chi connectivity index (χ2n) is 10.3. The van der Waals surface area contributed by atoms with E-state index < -0.39 is 5.60 Å². The lowest BCUT2D eigenvalue weighted by atomic mass is 10.0. The van der Waals surface area contributed by atoms with Gasteiger partial charge in [0, 0.05) is 46.9 Å². The average molecular weight is 555 g/mol. The Balaban J connectivity index is 1.31. The lowest BCUT2D eigenvalue weighted by Crippen LogP contribution is -2.52. The molecule has 4 rings (SSSR count). The summed E-state index contributed by atoms with van der Waals surface area (Å²) in [6, 6.07) is 16.7. The van der Waals surface area contributed by atoms with E-state index in [0.717, 1.165) is 5.56 Å². The van der Waals surface area contributed by atoms with Crippen LogP contribution in [0.5, 0.6) is 11.5 Å². The van der Waals surface area contributed by atoms with Gasteiger partial charge in [-0.1, -0.05) is 30.3 Å². The Labute approximate surface area is 234 Å². The largest absolute Gasteiger partial charge is 0.494 e. The van der Waals surface area contributed by atoms with Crippen LogP contribution in [-0.4, -0.2) is 121 Å². The number of hydrogen-bond donors (Lipinski definition) is 1. The van der Waals surface area contributed by atoms with Gasteiger partial charge in [-0.05, 0) is 36.2 Å². The van der Waals surface area contributed by atoms with Crippen molar-refractivity contribution in [2.45, 2.75) is 18.6 Å². The predicted octanol–water partition coefficient (Wildman–Crippen LogP) is 1.45. The zero-order valence-electron chi connectivity index (χ0n) is 23.2. The number of hydrogen-bond acceptors (Lipinski definition) is 8. The topological polar surface area (TPSA) is 112 Å². The van der Waals surface area contributed by atoms with E-state index in [4.69, 9.17) is 14.2 Å². The molecule has 2 aliphatic heterocycles. The maximum Gasteiger partial charge on any atom is 0.326 e. The third-order valence-electron chi connectivity index (χ3n) is 6.92. The number of rotatable bonds is 12. The van der Waals surface area contributed by atoms with Gasteiger partial charge in [-0.25, -0.2) is 4.79 Å². The molecule has 0 radical (unpaired) electrons. The fraction of sp³-hybridized carbons (Fsp3) is 0.483. The van der Waals surface area contributed by atoms with Crippen molar-refractivity contribution in [2.24, 2.45) is 0 Å². The standard InChI is InChI=1S/C29H38N4O7/c1-30-18-26(34)33(28(30)36)13-6-16-39-25-11-9-23(10-12-25)17-31-14-15-32(27(35)19-38-2)21-29(37,20-31)22-40-24-7-4-3-5-8-24/h3-5,7-12,37H,6,13-22H2,1-2H3/t29-/m0/s1. The van der Waals surface area contributed by atoms with Crippen molar-refractivity contribution in [1.82, 2.24) is 19.6 Å². The molecule has 0 aliphatic carbocycles. The van der Waals surface area contributed by atoms with Gasteiger partial charge in [-0.15, -0.1) is 0 Å². The van der Waals surface area contributed by atoms with Gasteiger partial charge in [0.05, 0.1) is 13.2 Å². The smallest absolute Gasteiger partial charge is 0.326 e. The number of amides is 4. The maximum absolute atomic E-state index is 12.6. The van der Waals surface area contributed by atoms with Crippen LogP contribution >= 0.6 is 0 Å². The number of methoxy groups -OCH3 is 1. The van der Waals surface area contributed by atoms with E-state index in [0.29, 0.717) is 57.3 Å². The molecule has 2 saturated heterocycles. The minimum Gasteiger partial charge on any atom is -0.494 e. The molecule has 216 valence electrons. The lowest BCUT2D eigenvalue weighted by molar-refractivity contribution is -0.138. The van der Waals surface area contributed by atoms with Crippen LogP contribution in [0.3, 0.4) is 0 Å². The van der Waals surface area contributed by atoms with E-state index in [-0.39, 0.29) is 44.1 Å². The van der Waals surface area contributed by atoms with Gasteiger partial charge in [0.25, 0.3) is 0 Å². The molecular formula is C29H38N4O7. The summed E-state index contributed by atoms with van der Waals surface area (Å²) >= 11 is 0. The van der Waals surface area contributed by atoms with Gasteiger partial charge < -0.3 is 29.1 Å². The Kier molecular flexibility index (Phi) is 9.97. The van der Waals surface area contributed by atoms with E-state index in [1.807, 2.05) is 54.6 Å². The maximum atomic E-state index is 12.6. The molecule has 11 nitrogen and oxygen atoms in total. The van der Waals surface area contributed by atoms with Crippen molar-refractivity contribution in [3.8, 4) is 11.5 Å². The molecule has 2 fully saturated rings. The molecule has 2 aliphatic rings. The van der Waals surface area contributed by atoms with E-state index in [9.17, 15) is 19.5 Å². The molecule has 0 bridgehead atoms. The van der Waals surface area contributed by atoms with Crippen LogP contribution in [0.2, 0.25) is 0 Å². The highest BCUT2D eigenvalue weighted by molar-refractivity contribution is 6.01. The van der Waals surface area contributed by atoms with Gasteiger partial charge in [0.2, 0.25) is 11.8 Å². The van der Waals surface area contributed by atoms with Crippen molar-refractivity contribution in [3.05, 3.63) is 60.2 Å². The first kappa shape index (κ1) is 29.3. The predicted molar refractivity (Wildman–Crippen MR) is 147 cm³/mol.